The average Bonchev–Trinajstić information content (AvgIpc) is 3.56. The van der Waals surface area contributed by atoms with Gasteiger partial charge in [0, 0.05) is 29.8 Å². The van der Waals surface area contributed by atoms with Crippen LogP contribution in [-0.4, -0.2) is 51.5 Å². The van der Waals surface area contributed by atoms with Gasteiger partial charge in [0.05, 0.1) is 36.7 Å². The van der Waals surface area contributed by atoms with Crippen LogP contribution >= 0.6 is 0 Å². The van der Waals surface area contributed by atoms with Gasteiger partial charge in [0.1, 0.15) is 5.60 Å². The first kappa shape index (κ1) is 19.3. The number of nitrogens with one attached hydrogen (secondary N) is 2. The van der Waals surface area contributed by atoms with Gasteiger partial charge in [0.15, 0.2) is 0 Å². The lowest BCUT2D eigenvalue weighted by atomic mass is 9.77. The Labute approximate surface area is 185 Å². The Morgan fingerprint density at radius 3 is 3.00 bits per heavy atom. The van der Waals surface area contributed by atoms with Crippen LogP contribution in [0, 0.1) is 11.8 Å². The van der Waals surface area contributed by atoms with Crippen molar-refractivity contribution < 1.29 is 14.3 Å². The Morgan fingerprint density at radius 1 is 1.25 bits per heavy atom. The third-order valence-corrected chi connectivity index (χ3v) is 6.98. The summed E-state index contributed by atoms with van der Waals surface area (Å²) in [7, 11) is 0. The first-order valence-corrected chi connectivity index (χ1v) is 11.0. The Hall–Kier alpha value is -3.45. The molecule has 2 aromatic heterocycles. The lowest BCUT2D eigenvalue weighted by Gasteiger charge is -2.23. The second-order valence-electron chi connectivity index (χ2n) is 8.81. The van der Waals surface area contributed by atoms with E-state index in [0.717, 1.165) is 17.6 Å². The van der Waals surface area contributed by atoms with E-state index in [0.29, 0.717) is 19.6 Å². The summed E-state index contributed by atoms with van der Waals surface area (Å²) in [5.74, 6) is -1.11. The fourth-order valence-corrected chi connectivity index (χ4v) is 5.46. The van der Waals surface area contributed by atoms with Gasteiger partial charge in [0.2, 0.25) is 11.8 Å². The average molecular weight is 428 g/mol. The molecule has 5 heterocycles. The number of aromatic amines is 1. The Morgan fingerprint density at radius 2 is 2.12 bits per heavy atom. The highest BCUT2D eigenvalue weighted by molar-refractivity contribution is 5.93. The number of nitrogens with zero attached hydrogens (tertiary/aromatic N) is 2. The van der Waals surface area contributed by atoms with E-state index in [1.807, 2.05) is 53.6 Å². The summed E-state index contributed by atoms with van der Waals surface area (Å²) in [5.41, 5.74) is 2.39. The van der Waals surface area contributed by atoms with Crippen molar-refractivity contribution in [1.29, 1.82) is 0 Å². The molecule has 2 amide bonds. The number of pyridine rings is 1. The maximum absolute atomic E-state index is 13.4. The molecular weight excluding hydrogens is 404 g/mol. The number of likely N-dealkylation sites (tertiary alicyclic amines) is 1. The van der Waals surface area contributed by atoms with Crippen molar-refractivity contribution in [2.75, 3.05) is 13.1 Å². The van der Waals surface area contributed by atoms with E-state index in [9.17, 15) is 9.59 Å². The molecular formula is C25H24N4O3. The smallest absolute Gasteiger partial charge is 0.230 e. The lowest BCUT2D eigenvalue weighted by Crippen LogP contribution is -2.44. The van der Waals surface area contributed by atoms with Crippen LogP contribution in [-0.2, 0) is 27.3 Å². The first-order chi connectivity index (χ1) is 15.6. The molecule has 2 N–H and O–H groups in total. The minimum atomic E-state index is -0.686. The number of ether oxygens (including phenoxy) is 1. The van der Waals surface area contributed by atoms with Crippen LogP contribution in [0.15, 0.2) is 67.0 Å². The molecule has 32 heavy (non-hydrogen) atoms. The molecule has 0 radical (unpaired) electrons. The highest BCUT2D eigenvalue weighted by Crippen LogP contribution is 2.51. The maximum atomic E-state index is 13.4. The molecule has 3 aromatic rings. The minimum Gasteiger partial charge on any atom is -0.361 e. The lowest BCUT2D eigenvalue weighted by molar-refractivity contribution is -0.137. The van der Waals surface area contributed by atoms with Crippen LogP contribution in [0.2, 0.25) is 0 Å². The summed E-state index contributed by atoms with van der Waals surface area (Å²) < 4.78 is 6.22. The van der Waals surface area contributed by atoms with Gasteiger partial charge in [-0.1, -0.05) is 36.4 Å². The van der Waals surface area contributed by atoms with Crippen LogP contribution in [0.3, 0.4) is 0 Å². The van der Waals surface area contributed by atoms with E-state index in [4.69, 9.17) is 4.74 Å². The molecule has 0 unspecified atom stereocenters. The number of hydrogen-bond donors (Lipinski definition) is 2. The number of H-pyrrole nitrogens is 1. The molecule has 6 rings (SSSR count). The van der Waals surface area contributed by atoms with Crippen LogP contribution in [0.4, 0.5) is 0 Å². The second kappa shape index (κ2) is 7.31. The third kappa shape index (κ3) is 2.96. The van der Waals surface area contributed by atoms with Crippen molar-refractivity contribution in [1.82, 2.24) is 20.2 Å². The summed E-state index contributed by atoms with van der Waals surface area (Å²) in [6, 6.07) is 13.8. The van der Waals surface area contributed by atoms with Gasteiger partial charge in [-0.25, -0.2) is 0 Å². The predicted molar refractivity (Wildman–Crippen MR) is 118 cm³/mol. The SMILES string of the molecule is O=C(NCc1ccccn1)[C@@H]1[C@@H]2C=C[C@@]3(CN(CCc4c[nH]c5ccccc45)C(=O)[C@@H]13)O2. The van der Waals surface area contributed by atoms with Crippen molar-refractivity contribution in [2.45, 2.75) is 24.7 Å². The molecule has 0 saturated carbocycles. The monoisotopic (exact) mass is 428 g/mol. The largest absolute Gasteiger partial charge is 0.361 e. The van der Waals surface area contributed by atoms with Crippen LogP contribution in [0.1, 0.15) is 11.3 Å². The molecule has 162 valence electrons. The van der Waals surface area contributed by atoms with E-state index >= 15 is 0 Å². The molecule has 1 spiro atoms. The standard InChI is InChI=1S/C25H24N4O3/c30-23(28-14-17-5-3-4-11-26-17)21-20-8-10-25(32-20)15-29(24(31)22(21)25)12-9-16-13-27-19-7-2-1-6-18(16)19/h1-8,10-11,13,20-22,27H,9,12,14-15H2,(H,28,30)/t20-,21+,22+,25-/m0/s1. The molecule has 2 saturated heterocycles. The molecule has 4 atom stereocenters. The summed E-state index contributed by atoms with van der Waals surface area (Å²) in [4.78, 5) is 35.9. The third-order valence-electron chi connectivity index (χ3n) is 6.98. The molecule has 3 aliphatic heterocycles. The summed E-state index contributed by atoms with van der Waals surface area (Å²) >= 11 is 0. The number of fused-ring (bicyclic) bond motifs is 2. The molecule has 7 nitrogen and oxygen atoms in total. The summed E-state index contributed by atoms with van der Waals surface area (Å²) in [6.45, 7) is 1.43. The van der Waals surface area contributed by atoms with Crippen molar-refractivity contribution in [3.05, 3.63) is 78.3 Å². The number of amides is 2. The van der Waals surface area contributed by atoms with Gasteiger partial charge in [-0.15, -0.1) is 0 Å². The van der Waals surface area contributed by atoms with Gasteiger partial charge in [0.25, 0.3) is 0 Å². The number of rotatable bonds is 6. The first-order valence-electron chi connectivity index (χ1n) is 11.0. The minimum absolute atomic E-state index is 0.00896. The quantitative estimate of drug-likeness (QED) is 0.590. The molecule has 7 heteroatoms. The van der Waals surface area contributed by atoms with E-state index < -0.39 is 17.4 Å². The number of hydrogen-bond acceptors (Lipinski definition) is 4. The number of para-hydroxylation sites is 1. The highest BCUT2D eigenvalue weighted by Gasteiger charge is 2.66. The molecule has 2 bridgehead atoms. The van der Waals surface area contributed by atoms with Gasteiger partial charge in [-0.05, 0) is 30.2 Å². The summed E-state index contributed by atoms with van der Waals surface area (Å²) in [6.07, 6.45) is 8.06. The molecule has 1 aromatic carbocycles. The van der Waals surface area contributed by atoms with E-state index in [2.05, 4.69) is 27.4 Å². The predicted octanol–water partition coefficient (Wildman–Crippen LogP) is 2.20. The highest BCUT2D eigenvalue weighted by atomic mass is 16.5. The van der Waals surface area contributed by atoms with Crippen LogP contribution in [0.5, 0.6) is 0 Å². The summed E-state index contributed by atoms with van der Waals surface area (Å²) in [5, 5.41) is 4.14. The molecule has 2 fully saturated rings. The van der Waals surface area contributed by atoms with Crippen molar-refractivity contribution in [3.8, 4) is 0 Å². The van der Waals surface area contributed by atoms with Crippen molar-refractivity contribution in [3.63, 3.8) is 0 Å². The Bertz CT molecular complexity index is 1220. The number of aromatic nitrogens is 2. The van der Waals surface area contributed by atoms with Crippen LogP contribution in [0.25, 0.3) is 10.9 Å². The number of benzene rings is 1. The normalized spacial score (nSPS) is 27.9. The van der Waals surface area contributed by atoms with E-state index in [1.165, 1.54) is 10.9 Å². The van der Waals surface area contributed by atoms with E-state index in [-0.39, 0.29) is 17.9 Å². The van der Waals surface area contributed by atoms with Gasteiger partial charge < -0.3 is 19.9 Å². The zero-order chi connectivity index (χ0) is 21.7. The van der Waals surface area contributed by atoms with Crippen molar-refractivity contribution >= 4 is 22.7 Å². The zero-order valence-electron chi connectivity index (χ0n) is 17.5. The maximum Gasteiger partial charge on any atom is 0.230 e. The Kier molecular flexibility index (Phi) is 4.40. The zero-order valence-corrected chi connectivity index (χ0v) is 17.5. The fraction of sp³-hybridized carbons (Fsp3) is 0.320. The van der Waals surface area contributed by atoms with E-state index in [1.54, 1.807) is 6.20 Å². The number of carbonyl (C=O) groups excluding carboxylic acids is 2. The molecule has 3 aliphatic rings. The second-order valence-corrected chi connectivity index (χ2v) is 8.81. The van der Waals surface area contributed by atoms with Gasteiger partial charge >= 0.3 is 0 Å². The van der Waals surface area contributed by atoms with Gasteiger partial charge in [-0.2, -0.15) is 0 Å². The number of carbonyl (C=O) groups is 2. The van der Waals surface area contributed by atoms with Gasteiger partial charge in [-0.3, -0.25) is 14.6 Å². The van der Waals surface area contributed by atoms with Crippen LogP contribution < -0.4 is 5.32 Å². The fourth-order valence-electron chi connectivity index (χ4n) is 5.46. The van der Waals surface area contributed by atoms with Crippen molar-refractivity contribution in [2.24, 2.45) is 11.8 Å². The molecule has 0 aliphatic carbocycles. The Balaban J connectivity index is 1.17. The topological polar surface area (TPSA) is 87.3 Å².